The summed E-state index contributed by atoms with van der Waals surface area (Å²) in [6.07, 6.45) is 7.50. The molecule has 0 spiro atoms. The van der Waals surface area contributed by atoms with Crippen molar-refractivity contribution in [2.24, 2.45) is 0 Å². The number of hydrogen-bond acceptors (Lipinski definition) is 0. The van der Waals surface area contributed by atoms with Gasteiger partial charge in [0.25, 0.3) is 0 Å². The van der Waals surface area contributed by atoms with Crippen molar-refractivity contribution < 1.29 is 0 Å². The molecule has 22 valence electrons. The van der Waals surface area contributed by atoms with E-state index in [-0.39, 0.29) is 0 Å². The van der Waals surface area contributed by atoms with Crippen LogP contribution in [0.15, 0.2) is 12.2 Å². The average Bonchev–Trinajstić information content (AvgIpc) is 0.722. The summed E-state index contributed by atoms with van der Waals surface area (Å²) in [6, 6.07) is 0. The highest BCUT2D eigenvalue weighted by atomic mass is 13.9. The van der Waals surface area contributed by atoms with Gasteiger partial charge in [0.15, 0.2) is 0 Å². The molecule has 1 aliphatic rings. The lowest BCUT2D eigenvalue weighted by Gasteiger charge is -2.08. The van der Waals surface area contributed by atoms with E-state index in [1.54, 1.807) is 0 Å². The number of rotatable bonds is 0. The van der Waals surface area contributed by atoms with Gasteiger partial charge in [0, 0.05) is 0 Å². The Morgan fingerprint density at radius 3 is 2.00 bits per heavy atom. The maximum absolute atomic E-state index is 2.12. The van der Waals surface area contributed by atoms with Crippen LogP contribution in [-0.2, 0) is 0 Å². The van der Waals surface area contributed by atoms with E-state index in [1.807, 2.05) is 0 Å². The zero-order valence-corrected chi connectivity index (χ0v) is 2.44. The zero-order valence-electron chi connectivity index (χ0n) is 2.44. The molecular weight excluding hydrogens is 48.0 g/mol. The highest BCUT2D eigenvalue weighted by molar-refractivity contribution is 5.08. The Bertz CT molecular complexity index is 29.3. The van der Waals surface area contributed by atoms with E-state index in [0.717, 1.165) is 0 Å². The van der Waals surface area contributed by atoms with Crippen LogP contribution in [0, 0.1) is 6.42 Å². The van der Waals surface area contributed by atoms with Crippen molar-refractivity contribution in [3.63, 3.8) is 0 Å². The van der Waals surface area contributed by atoms with Crippen LogP contribution < -0.4 is 0 Å². The molecule has 0 amide bonds. The molecule has 0 bridgehead atoms. The standard InChI is InChI=1S/C4H5/c1-2-4-3-1/h1-3H,4H2/q-1. The van der Waals surface area contributed by atoms with E-state index < -0.39 is 0 Å². The van der Waals surface area contributed by atoms with E-state index in [0.29, 0.717) is 0 Å². The Hall–Kier alpha value is -0.390. The van der Waals surface area contributed by atoms with Gasteiger partial charge in [-0.1, -0.05) is 0 Å². The van der Waals surface area contributed by atoms with Gasteiger partial charge in [-0.2, -0.15) is 6.42 Å². The van der Waals surface area contributed by atoms with Crippen molar-refractivity contribution >= 4 is 0 Å². The summed E-state index contributed by atoms with van der Waals surface area (Å²) in [5.41, 5.74) is 0. The molecule has 0 nitrogen and oxygen atoms in total. The molecule has 0 unspecified atom stereocenters. The summed E-state index contributed by atoms with van der Waals surface area (Å²) < 4.78 is 0. The molecule has 0 aromatic carbocycles. The lowest BCUT2D eigenvalue weighted by molar-refractivity contribution is 1.20. The van der Waals surface area contributed by atoms with Crippen molar-refractivity contribution in [2.45, 2.75) is 6.42 Å². The van der Waals surface area contributed by atoms with Crippen molar-refractivity contribution in [1.29, 1.82) is 0 Å². The summed E-state index contributed by atoms with van der Waals surface area (Å²) in [4.78, 5) is 0. The van der Waals surface area contributed by atoms with Crippen LogP contribution in [-0.4, -0.2) is 0 Å². The number of hydrogen-bond donors (Lipinski definition) is 0. The maximum Gasteiger partial charge on any atom is -0.151 e. The SMILES string of the molecule is C1=CC[CH-]1. The molecule has 0 radical (unpaired) electrons. The predicted octanol–water partition coefficient (Wildman–Crippen LogP) is 1.15. The zero-order chi connectivity index (χ0) is 2.83. The van der Waals surface area contributed by atoms with Crippen molar-refractivity contribution in [3.8, 4) is 0 Å². The molecule has 0 heteroatoms. The first kappa shape index (κ1) is 1.89. The maximum atomic E-state index is 2.12. The predicted molar refractivity (Wildman–Crippen MR) is 18.1 cm³/mol. The molecule has 0 N–H and O–H groups in total. The first-order valence-corrected chi connectivity index (χ1v) is 1.48. The van der Waals surface area contributed by atoms with Crippen LogP contribution in [0.2, 0.25) is 0 Å². The van der Waals surface area contributed by atoms with Gasteiger partial charge in [-0.25, -0.2) is 18.6 Å². The topological polar surface area (TPSA) is 0 Å². The fraction of sp³-hybridized carbons (Fsp3) is 0.250. The second-order valence-corrected chi connectivity index (χ2v) is 0.900. The van der Waals surface area contributed by atoms with Crippen LogP contribution in [0.3, 0.4) is 0 Å². The van der Waals surface area contributed by atoms with Crippen molar-refractivity contribution in [3.05, 3.63) is 18.6 Å². The van der Waals surface area contributed by atoms with Crippen LogP contribution in [0.25, 0.3) is 0 Å². The first-order chi connectivity index (χ1) is 2.00. The molecule has 0 heterocycles. The molecule has 0 saturated carbocycles. The van der Waals surface area contributed by atoms with Gasteiger partial charge in [-0.3, -0.25) is 0 Å². The summed E-state index contributed by atoms with van der Waals surface area (Å²) in [7, 11) is 0. The quantitative estimate of drug-likeness (QED) is 0.363. The van der Waals surface area contributed by atoms with Gasteiger partial charge in [0.1, 0.15) is 0 Å². The largest absolute Gasteiger partial charge is 0.243 e. The van der Waals surface area contributed by atoms with Gasteiger partial charge in [0.05, 0.1) is 0 Å². The van der Waals surface area contributed by atoms with E-state index in [9.17, 15) is 0 Å². The molecule has 0 aliphatic heterocycles. The lowest BCUT2D eigenvalue weighted by atomic mass is 10.1. The second-order valence-electron chi connectivity index (χ2n) is 0.900. The van der Waals surface area contributed by atoms with E-state index in [4.69, 9.17) is 0 Å². The van der Waals surface area contributed by atoms with E-state index in [2.05, 4.69) is 18.6 Å². The van der Waals surface area contributed by atoms with E-state index in [1.165, 1.54) is 6.42 Å². The van der Waals surface area contributed by atoms with Crippen molar-refractivity contribution in [2.75, 3.05) is 0 Å². The monoisotopic (exact) mass is 53.0 g/mol. The summed E-state index contributed by atoms with van der Waals surface area (Å²) >= 11 is 0. The molecular formula is C4H5-. The summed E-state index contributed by atoms with van der Waals surface area (Å²) in [5.74, 6) is 0. The average molecular weight is 53.1 g/mol. The van der Waals surface area contributed by atoms with Crippen LogP contribution in [0.5, 0.6) is 0 Å². The Kier molecular flexibility index (Phi) is 0.245. The van der Waals surface area contributed by atoms with Crippen LogP contribution in [0.1, 0.15) is 6.42 Å². The first-order valence-electron chi connectivity index (χ1n) is 1.48. The molecule has 4 heavy (non-hydrogen) atoms. The smallest absolute Gasteiger partial charge is 0.151 e. The van der Waals surface area contributed by atoms with Crippen LogP contribution >= 0.6 is 0 Å². The minimum Gasteiger partial charge on any atom is -0.243 e. The van der Waals surface area contributed by atoms with Crippen LogP contribution in [0.4, 0.5) is 0 Å². The third-order valence-electron chi connectivity index (χ3n) is 0.544. The molecule has 1 rings (SSSR count). The van der Waals surface area contributed by atoms with Gasteiger partial charge in [0.2, 0.25) is 0 Å². The van der Waals surface area contributed by atoms with Gasteiger partial charge in [-0.15, -0.1) is 0 Å². The highest BCUT2D eigenvalue weighted by Gasteiger charge is 1.65. The fourth-order valence-electron chi connectivity index (χ4n) is 0.136. The molecule has 0 saturated heterocycles. The highest BCUT2D eigenvalue weighted by Crippen LogP contribution is 2.00. The third kappa shape index (κ3) is 0.0460. The van der Waals surface area contributed by atoms with Gasteiger partial charge < -0.3 is 0 Å². The molecule has 0 fully saturated rings. The minimum absolute atomic E-state index is 1.19. The Balaban J connectivity index is 2.47. The lowest BCUT2D eigenvalue weighted by Crippen LogP contribution is -1.73. The number of allylic oxidation sites excluding steroid dienone is 2. The molecule has 1 aliphatic carbocycles. The third-order valence-corrected chi connectivity index (χ3v) is 0.544. The minimum atomic E-state index is 1.19. The van der Waals surface area contributed by atoms with Gasteiger partial charge >= 0.3 is 0 Å². The summed E-state index contributed by atoms with van der Waals surface area (Å²) in [5, 5.41) is 0. The Labute approximate surface area is 26.1 Å². The molecule has 0 aromatic rings. The van der Waals surface area contributed by atoms with Gasteiger partial charge in [-0.05, 0) is 0 Å². The molecule has 0 aromatic heterocycles. The normalized spacial score (nSPS) is 18.0. The second kappa shape index (κ2) is 0.519. The summed E-state index contributed by atoms with van der Waals surface area (Å²) in [6.45, 7) is 0. The fourth-order valence-corrected chi connectivity index (χ4v) is 0.136. The Morgan fingerprint density at radius 2 is 2.00 bits per heavy atom. The Morgan fingerprint density at radius 1 is 1.75 bits per heavy atom. The molecule has 0 atom stereocenters. The van der Waals surface area contributed by atoms with Crippen molar-refractivity contribution in [1.82, 2.24) is 0 Å². The van der Waals surface area contributed by atoms with E-state index >= 15 is 0 Å².